The lowest BCUT2D eigenvalue weighted by Gasteiger charge is -2.14. The molecular formula is C19H18. The highest BCUT2D eigenvalue weighted by Gasteiger charge is 2.26. The van der Waals surface area contributed by atoms with E-state index in [2.05, 4.69) is 54.3 Å². The van der Waals surface area contributed by atoms with Gasteiger partial charge in [0.05, 0.1) is 0 Å². The highest BCUT2D eigenvalue weighted by atomic mass is 14.3. The molecule has 94 valence electrons. The van der Waals surface area contributed by atoms with Crippen LogP contribution in [0.5, 0.6) is 0 Å². The van der Waals surface area contributed by atoms with Crippen LogP contribution in [0.2, 0.25) is 0 Å². The van der Waals surface area contributed by atoms with Crippen LogP contribution in [0.1, 0.15) is 36.3 Å². The molecule has 2 atom stereocenters. The van der Waals surface area contributed by atoms with Gasteiger partial charge in [-0.2, -0.15) is 0 Å². The van der Waals surface area contributed by atoms with Gasteiger partial charge in [-0.1, -0.05) is 66.8 Å². The third-order valence-corrected chi connectivity index (χ3v) is 3.92. The molecule has 1 aliphatic carbocycles. The molecule has 2 aromatic carbocycles. The fraction of sp³-hybridized carbons (Fsp3) is 0.263. The van der Waals surface area contributed by atoms with Crippen LogP contribution in [-0.2, 0) is 0 Å². The molecule has 0 spiro atoms. The molecule has 0 heteroatoms. The second kappa shape index (κ2) is 5.76. The Morgan fingerprint density at radius 3 is 2.21 bits per heavy atom. The van der Waals surface area contributed by atoms with E-state index in [0.717, 1.165) is 5.56 Å². The first-order chi connectivity index (χ1) is 9.43. The van der Waals surface area contributed by atoms with Crippen molar-refractivity contribution in [3.63, 3.8) is 0 Å². The average Bonchev–Trinajstić information content (AvgIpc) is 2.95. The van der Waals surface area contributed by atoms with E-state index in [1.54, 1.807) is 0 Å². The molecule has 0 aromatic heterocycles. The third kappa shape index (κ3) is 2.88. The molecule has 1 aliphatic rings. The summed E-state index contributed by atoms with van der Waals surface area (Å²) in [5.74, 6) is 7.97. The first-order valence-electron chi connectivity index (χ1n) is 7.05. The fourth-order valence-corrected chi connectivity index (χ4v) is 2.93. The van der Waals surface area contributed by atoms with Gasteiger partial charge in [-0.05, 0) is 36.5 Å². The molecule has 0 nitrogen and oxygen atoms in total. The highest BCUT2D eigenvalue weighted by molar-refractivity contribution is 5.35. The summed E-state index contributed by atoms with van der Waals surface area (Å²) in [5, 5.41) is 0. The molecule has 1 saturated carbocycles. The van der Waals surface area contributed by atoms with Crippen molar-refractivity contribution in [2.24, 2.45) is 5.92 Å². The highest BCUT2D eigenvalue weighted by Crippen LogP contribution is 2.39. The van der Waals surface area contributed by atoms with Crippen LogP contribution in [0.15, 0.2) is 60.7 Å². The molecule has 0 heterocycles. The van der Waals surface area contributed by atoms with Crippen LogP contribution in [0, 0.1) is 17.8 Å². The first kappa shape index (κ1) is 12.1. The predicted molar refractivity (Wildman–Crippen MR) is 79.8 cm³/mol. The van der Waals surface area contributed by atoms with Crippen molar-refractivity contribution in [2.75, 3.05) is 0 Å². The van der Waals surface area contributed by atoms with E-state index in [-0.39, 0.29) is 0 Å². The summed E-state index contributed by atoms with van der Waals surface area (Å²) >= 11 is 0. The number of hydrogen-bond acceptors (Lipinski definition) is 0. The Balaban J connectivity index is 1.80. The van der Waals surface area contributed by atoms with Gasteiger partial charge >= 0.3 is 0 Å². The summed E-state index contributed by atoms with van der Waals surface area (Å²) in [4.78, 5) is 0. The monoisotopic (exact) mass is 246 g/mol. The van der Waals surface area contributed by atoms with Crippen molar-refractivity contribution >= 4 is 0 Å². The van der Waals surface area contributed by atoms with Crippen molar-refractivity contribution in [3.05, 3.63) is 71.8 Å². The molecular weight excluding hydrogens is 228 g/mol. The van der Waals surface area contributed by atoms with E-state index < -0.39 is 0 Å². The number of benzene rings is 2. The van der Waals surface area contributed by atoms with Crippen molar-refractivity contribution in [2.45, 2.75) is 25.2 Å². The van der Waals surface area contributed by atoms with E-state index in [1.807, 2.05) is 18.2 Å². The van der Waals surface area contributed by atoms with E-state index in [1.165, 1.54) is 24.8 Å². The van der Waals surface area contributed by atoms with Crippen LogP contribution in [-0.4, -0.2) is 0 Å². The van der Waals surface area contributed by atoms with Gasteiger partial charge in [0.2, 0.25) is 0 Å². The first-order valence-corrected chi connectivity index (χ1v) is 7.05. The minimum atomic E-state index is 0.516. The van der Waals surface area contributed by atoms with Crippen LogP contribution < -0.4 is 0 Å². The van der Waals surface area contributed by atoms with E-state index in [4.69, 9.17) is 0 Å². The zero-order chi connectivity index (χ0) is 12.9. The largest absolute Gasteiger partial charge is 0.0938 e. The second-order valence-electron chi connectivity index (χ2n) is 5.19. The quantitative estimate of drug-likeness (QED) is 0.644. The lowest BCUT2D eigenvalue weighted by atomic mass is 9.89. The Morgan fingerprint density at radius 1 is 0.789 bits per heavy atom. The predicted octanol–water partition coefficient (Wildman–Crippen LogP) is 4.62. The minimum absolute atomic E-state index is 0.516. The molecule has 3 rings (SSSR count). The molecule has 0 bridgehead atoms. The van der Waals surface area contributed by atoms with Gasteiger partial charge < -0.3 is 0 Å². The van der Waals surface area contributed by atoms with Gasteiger partial charge in [0.1, 0.15) is 0 Å². The Labute approximate surface area is 115 Å². The molecule has 0 amide bonds. The van der Waals surface area contributed by atoms with Crippen molar-refractivity contribution in [1.82, 2.24) is 0 Å². The van der Waals surface area contributed by atoms with Crippen LogP contribution in [0.25, 0.3) is 0 Å². The Bertz CT molecular complexity index is 572. The Hall–Kier alpha value is -2.00. The topological polar surface area (TPSA) is 0 Å². The van der Waals surface area contributed by atoms with E-state index in [9.17, 15) is 0 Å². The Kier molecular flexibility index (Phi) is 3.65. The molecule has 2 aromatic rings. The summed E-state index contributed by atoms with van der Waals surface area (Å²) in [6.45, 7) is 0. The van der Waals surface area contributed by atoms with Crippen LogP contribution in [0.3, 0.4) is 0 Å². The normalized spacial score (nSPS) is 21.7. The smallest absolute Gasteiger partial charge is 0.0275 e. The van der Waals surface area contributed by atoms with E-state index in [0.29, 0.717) is 11.8 Å². The zero-order valence-corrected chi connectivity index (χ0v) is 11.0. The van der Waals surface area contributed by atoms with Crippen molar-refractivity contribution in [1.29, 1.82) is 0 Å². The summed E-state index contributed by atoms with van der Waals surface area (Å²) in [6, 6.07) is 21.1. The molecule has 0 unspecified atom stereocenters. The van der Waals surface area contributed by atoms with Gasteiger partial charge in [0.15, 0.2) is 0 Å². The number of hydrogen-bond donors (Lipinski definition) is 0. The van der Waals surface area contributed by atoms with Crippen molar-refractivity contribution < 1.29 is 0 Å². The van der Waals surface area contributed by atoms with Crippen LogP contribution in [0.4, 0.5) is 0 Å². The van der Waals surface area contributed by atoms with Gasteiger partial charge in [-0.3, -0.25) is 0 Å². The van der Waals surface area contributed by atoms with Gasteiger partial charge in [-0.15, -0.1) is 0 Å². The van der Waals surface area contributed by atoms with Gasteiger partial charge in [0, 0.05) is 11.5 Å². The summed E-state index contributed by atoms with van der Waals surface area (Å²) in [6.07, 6.45) is 3.81. The molecule has 0 aliphatic heterocycles. The second-order valence-corrected chi connectivity index (χ2v) is 5.19. The Morgan fingerprint density at radius 2 is 1.47 bits per heavy atom. The lowest BCUT2D eigenvalue weighted by molar-refractivity contribution is 0.610. The summed E-state index contributed by atoms with van der Waals surface area (Å²) < 4.78 is 0. The maximum atomic E-state index is 3.50. The fourth-order valence-electron chi connectivity index (χ4n) is 2.93. The minimum Gasteiger partial charge on any atom is -0.0938 e. The maximum Gasteiger partial charge on any atom is 0.0275 e. The van der Waals surface area contributed by atoms with Crippen LogP contribution >= 0.6 is 0 Å². The molecule has 19 heavy (non-hydrogen) atoms. The number of rotatable bonds is 1. The average molecular weight is 246 g/mol. The SMILES string of the molecule is C(#C[C@@H]1CCC[C@H]1c1ccccc1)c1ccccc1. The lowest BCUT2D eigenvalue weighted by Crippen LogP contribution is -2.03. The molecule has 0 N–H and O–H groups in total. The third-order valence-electron chi connectivity index (χ3n) is 3.92. The molecule has 0 radical (unpaired) electrons. The van der Waals surface area contributed by atoms with E-state index >= 15 is 0 Å². The zero-order valence-electron chi connectivity index (χ0n) is 11.0. The summed E-state index contributed by atoms with van der Waals surface area (Å²) in [7, 11) is 0. The van der Waals surface area contributed by atoms with Crippen molar-refractivity contribution in [3.8, 4) is 11.8 Å². The standard InChI is InChI=1S/C19H18/c1-3-8-16(9-4-1)14-15-18-12-7-13-19(18)17-10-5-2-6-11-17/h1-6,8-11,18-19H,7,12-13H2/t18-,19-/m0/s1. The molecule has 1 fully saturated rings. The maximum absolute atomic E-state index is 3.50. The molecule has 0 saturated heterocycles. The van der Waals surface area contributed by atoms with Gasteiger partial charge in [0.25, 0.3) is 0 Å². The summed E-state index contributed by atoms with van der Waals surface area (Å²) in [5.41, 5.74) is 2.58. The van der Waals surface area contributed by atoms with Gasteiger partial charge in [-0.25, -0.2) is 0 Å².